The van der Waals surface area contributed by atoms with E-state index in [-0.39, 0.29) is 32.2 Å². The minimum absolute atomic E-state index is 0.144. The van der Waals surface area contributed by atoms with E-state index in [2.05, 4.69) is 0 Å². The number of ether oxygens (including phenoxy) is 2. The first-order valence-electron chi connectivity index (χ1n) is 6.27. The number of hydrogen-bond donors (Lipinski definition) is 2. The maximum absolute atomic E-state index is 12.3. The Labute approximate surface area is 121 Å². The molecule has 2 rings (SSSR count). The van der Waals surface area contributed by atoms with Crippen LogP contribution in [0, 0.1) is 0 Å². The van der Waals surface area contributed by atoms with E-state index in [1.165, 1.54) is 11.0 Å². The van der Waals surface area contributed by atoms with Crippen molar-refractivity contribution in [2.45, 2.75) is 0 Å². The second kappa shape index (κ2) is 6.78. The van der Waals surface area contributed by atoms with E-state index in [1.807, 2.05) is 0 Å². The van der Waals surface area contributed by atoms with Crippen LogP contribution in [0.2, 0.25) is 5.02 Å². The van der Waals surface area contributed by atoms with Crippen LogP contribution < -0.4 is 9.47 Å². The molecule has 1 aromatic carbocycles. The van der Waals surface area contributed by atoms with E-state index >= 15 is 0 Å². The molecular weight excluding hydrogens is 286 g/mol. The van der Waals surface area contributed by atoms with Crippen molar-refractivity contribution in [3.63, 3.8) is 0 Å². The van der Waals surface area contributed by atoms with Gasteiger partial charge in [-0.2, -0.15) is 0 Å². The summed E-state index contributed by atoms with van der Waals surface area (Å²) in [7, 11) is 0. The fraction of sp³-hybridized carbons (Fsp3) is 0.462. The molecule has 0 unspecified atom stereocenters. The minimum atomic E-state index is -0.327. The molecule has 0 saturated heterocycles. The van der Waals surface area contributed by atoms with Gasteiger partial charge < -0.3 is 24.6 Å². The van der Waals surface area contributed by atoms with Gasteiger partial charge in [-0.15, -0.1) is 0 Å². The minimum Gasteiger partial charge on any atom is -0.486 e. The van der Waals surface area contributed by atoms with Gasteiger partial charge in [0.1, 0.15) is 13.2 Å². The molecule has 0 bridgehead atoms. The molecule has 0 atom stereocenters. The van der Waals surface area contributed by atoms with Crippen molar-refractivity contribution in [1.29, 1.82) is 0 Å². The lowest BCUT2D eigenvalue weighted by molar-refractivity contribution is 0.0684. The van der Waals surface area contributed by atoms with Crippen LogP contribution in [0.15, 0.2) is 12.1 Å². The molecule has 0 radical (unpaired) electrons. The van der Waals surface area contributed by atoms with Crippen LogP contribution in [-0.4, -0.2) is 60.5 Å². The van der Waals surface area contributed by atoms with E-state index in [0.717, 1.165) is 0 Å². The first-order valence-corrected chi connectivity index (χ1v) is 6.65. The quantitative estimate of drug-likeness (QED) is 0.830. The molecule has 110 valence electrons. The average molecular weight is 302 g/mol. The number of hydrogen-bond acceptors (Lipinski definition) is 5. The summed E-state index contributed by atoms with van der Waals surface area (Å²) < 4.78 is 10.8. The molecule has 1 heterocycles. The molecule has 7 heteroatoms. The summed E-state index contributed by atoms with van der Waals surface area (Å²) in [6.07, 6.45) is 0. The number of amides is 1. The van der Waals surface area contributed by atoms with Crippen LogP contribution >= 0.6 is 11.6 Å². The van der Waals surface area contributed by atoms with Gasteiger partial charge in [-0.05, 0) is 12.1 Å². The van der Waals surface area contributed by atoms with Gasteiger partial charge in [-0.1, -0.05) is 11.6 Å². The molecule has 0 fully saturated rings. The zero-order chi connectivity index (χ0) is 14.5. The summed E-state index contributed by atoms with van der Waals surface area (Å²) in [6.45, 7) is 0.754. The topological polar surface area (TPSA) is 79.2 Å². The highest BCUT2D eigenvalue weighted by Gasteiger charge is 2.22. The highest BCUT2D eigenvalue weighted by molar-refractivity contribution is 6.32. The number of rotatable bonds is 5. The monoisotopic (exact) mass is 301 g/mol. The third kappa shape index (κ3) is 3.15. The third-order valence-electron chi connectivity index (χ3n) is 2.87. The van der Waals surface area contributed by atoms with Crippen molar-refractivity contribution >= 4 is 17.5 Å². The number of aliphatic hydroxyl groups excluding tert-OH is 2. The van der Waals surface area contributed by atoms with E-state index in [4.69, 9.17) is 31.3 Å². The van der Waals surface area contributed by atoms with Crippen LogP contribution in [0.3, 0.4) is 0 Å². The van der Waals surface area contributed by atoms with Crippen molar-refractivity contribution in [2.24, 2.45) is 0 Å². The Kier molecular flexibility index (Phi) is 5.05. The first-order chi connectivity index (χ1) is 9.67. The average Bonchev–Trinajstić information content (AvgIpc) is 2.46. The molecule has 0 aromatic heterocycles. The Morgan fingerprint density at radius 2 is 1.85 bits per heavy atom. The summed E-state index contributed by atoms with van der Waals surface area (Å²) >= 11 is 6.08. The maximum atomic E-state index is 12.3. The maximum Gasteiger partial charge on any atom is 0.254 e. The summed E-state index contributed by atoms with van der Waals surface area (Å²) in [5.74, 6) is 0.539. The highest BCUT2D eigenvalue weighted by Crippen LogP contribution is 2.38. The van der Waals surface area contributed by atoms with Crippen LogP contribution in [0.5, 0.6) is 11.5 Å². The van der Waals surface area contributed by atoms with Crippen molar-refractivity contribution < 1.29 is 24.5 Å². The Bertz CT molecular complexity index is 488. The molecular formula is C13H16ClNO5. The molecule has 0 aliphatic carbocycles. The van der Waals surface area contributed by atoms with Crippen molar-refractivity contribution in [2.75, 3.05) is 39.5 Å². The van der Waals surface area contributed by atoms with Gasteiger partial charge in [0.25, 0.3) is 5.91 Å². The molecule has 1 aromatic rings. The van der Waals surface area contributed by atoms with Crippen molar-refractivity contribution in [3.8, 4) is 11.5 Å². The van der Waals surface area contributed by atoms with Crippen LogP contribution in [0.4, 0.5) is 0 Å². The van der Waals surface area contributed by atoms with Gasteiger partial charge in [0, 0.05) is 18.7 Å². The molecule has 1 aliphatic rings. The number of carbonyl (C=O) groups excluding carboxylic acids is 1. The zero-order valence-electron chi connectivity index (χ0n) is 10.8. The van der Waals surface area contributed by atoms with Crippen LogP contribution in [0.1, 0.15) is 10.4 Å². The molecule has 6 nitrogen and oxygen atoms in total. The largest absolute Gasteiger partial charge is 0.486 e. The molecule has 0 saturated carbocycles. The Morgan fingerprint density at radius 1 is 1.20 bits per heavy atom. The van der Waals surface area contributed by atoms with Crippen molar-refractivity contribution in [1.82, 2.24) is 4.90 Å². The number of fused-ring (bicyclic) bond motifs is 1. The van der Waals surface area contributed by atoms with E-state index in [0.29, 0.717) is 35.3 Å². The van der Waals surface area contributed by atoms with Gasteiger partial charge in [0.15, 0.2) is 11.5 Å². The van der Waals surface area contributed by atoms with Crippen molar-refractivity contribution in [3.05, 3.63) is 22.7 Å². The zero-order valence-corrected chi connectivity index (χ0v) is 11.6. The fourth-order valence-corrected chi connectivity index (χ4v) is 2.24. The summed E-state index contributed by atoms with van der Waals surface area (Å²) in [4.78, 5) is 13.7. The second-order valence-corrected chi connectivity index (χ2v) is 4.63. The standard InChI is InChI=1S/C13H16ClNO5/c14-10-7-9(8-11-12(10)20-6-5-19-11)13(18)15(1-3-16)2-4-17/h7-8,16-17H,1-6H2. The van der Waals surface area contributed by atoms with Gasteiger partial charge in [-0.3, -0.25) is 4.79 Å². The molecule has 1 aliphatic heterocycles. The van der Waals surface area contributed by atoms with E-state index in [1.54, 1.807) is 6.07 Å². The van der Waals surface area contributed by atoms with Crippen LogP contribution in [-0.2, 0) is 0 Å². The molecule has 20 heavy (non-hydrogen) atoms. The van der Waals surface area contributed by atoms with Gasteiger partial charge >= 0.3 is 0 Å². The molecule has 0 spiro atoms. The Hall–Kier alpha value is -1.50. The van der Waals surface area contributed by atoms with Gasteiger partial charge in [0.2, 0.25) is 0 Å². The smallest absolute Gasteiger partial charge is 0.254 e. The number of aliphatic hydroxyl groups is 2. The molecule has 2 N–H and O–H groups in total. The first kappa shape index (κ1) is 14.9. The van der Waals surface area contributed by atoms with E-state index < -0.39 is 0 Å². The van der Waals surface area contributed by atoms with Gasteiger partial charge in [0.05, 0.1) is 18.2 Å². The number of halogens is 1. The number of nitrogens with zero attached hydrogens (tertiary/aromatic N) is 1. The Balaban J connectivity index is 2.27. The van der Waals surface area contributed by atoms with Gasteiger partial charge in [-0.25, -0.2) is 0 Å². The lowest BCUT2D eigenvalue weighted by atomic mass is 10.1. The summed E-state index contributed by atoms with van der Waals surface area (Å²) in [6, 6.07) is 3.06. The summed E-state index contributed by atoms with van der Waals surface area (Å²) in [5.41, 5.74) is 0.334. The van der Waals surface area contributed by atoms with Crippen LogP contribution in [0.25, 0.3) is 0 Å². The SMILES string of the molecule is O=C(c1cc(Cl)c2c(c1)OCCO2)N(CCO)CCO. The van der Waals surface area contributed by atoms with E-state index in [9.17, 15) is 4.79 Å². The predicted molar refractivity (Wildman–Crippen MR) is 72.5 cm³/mol. The Morgan fingerprint density at radius 3 is 2.50 bits per heavy atom. The third-order valence-corrected chi connectivity index (χ3v) is 3.15. The fourth-order valence-electron chi connectivity index (χ4n) is 1.97. The lowest BCUT2D eigenvalue weighted by Crippen LogP contribution is -2.36. The number of carbonyl (C=O) groups is 1. The second-order valence-electron chi connectivity index (χ2n) is 4.22. The molecule has 1 amide bonds. The summed E-state index contributed by atoms with van der Waals surface area (Å²) in [5, 5.41) is 18.2. The normalized spacial score (nSPS) is 13.2. The highest BCUT2D eigenvalue weighted by atomic mass is 35.5. The lowest BCUT2D eigenvalue weighted by Gasteiger charge is -2.23. The number of benzene rings is 1. The predicted octanol–water partition coefficient (Wildman–Crippen LogP) is 0.538.